The summed E-state index contributed by atoms with van der Waals surface area (Å²) in [7, 11) is 0. The number of rotatable bonds is 1. The van der Waals surface area contributed by atoms with Crippen LogP contribution in [0.1, 0.15) is 0 Å². The minimum atomic E-state index is 0.432. The monoisotopic (exact) mass is 289 g/mol. The standard InChI is InChI=1S/C12H8BrN3O/c13-8-3-1-7(2-4-8)9-5-17-12-10(9)11(14)15-6-16-12/h1-6H,(H2,14,15,16). The zero-order valence-corrected chi connectivity index (χ0v) is 10.3. The molecule has 0 radical (unpaired) electrons. The second kappa shape index (κ2) is 3.85. The van der Waals surface area contributed by atoms with Crippen LogP contribution in [-0.2, 0) is 0 Å². The fraction of sp³-hybridized carbons (Fsp3) is 0. The van der Waals surface area contributed by atoms with E-state index in [0.29, 0.717) is 11.5 Å². The zero-order chi connectivity index (χ0) is 11.8. The molecule has 0 atom stereocenters. The fourth-order valence-corrected chi connectivity index (χ4v) is 2.00. The lowest BCUT2D eigenvalue weighted by atomic mass is 10.1. The number of hydrogen-bond donors (Lipinski definition) is 1. The van der Waals surface area contributed by atoms with E-state index >= 15 is 0 Å². The number of nitrogens with zero attached hydrogens (tertiary/aromatic N) is 2. The minimum absolute atomic E-state index is 0.432. The average molecular weight is 290 g/mol. The molecule has 3 aromatic rings. The highest BCUT2D eigenvalue weighted by atomic mass is 79.9. The molecule has 0 aliphatic rings. The van der Waals surface area contributed by atoms with Crippen molar-refractivity contribution in [2.45, 2.75) is 0 Å². The number of benzene rings is 1. The van der Waals surface area contributed by atoms with Crippen LogP contribution in [0.15, 0.2) is 45.7 Å². The molecule has 3 rings (SSSR count). The first-order valence-electron chi connectivity index (χ1n) is 4.99. The molecule has 84 valence electrons. The van der Waals surface area contributed by atoms with E-state index < -0.39 is 0 Å². The van der Waals surface area contributed by atoms with Crippen molar-refractivity contribution in [2.75, 3.05) is 5.73 Å². The topological polar surface area (TPSA) is 64.9 Å². The van der Waals surface area contributed by atoms with Crippen molar-refractivity contribution >= 4 is 32.8 Å². The molecule has 0 fully saturated rings. The summed E-state index contributed by atoms with van der Waals surface area (Å²) in [4.78, 5) is 8.02. The van der Waals surface area contributed by atoms with E-state index in [4.69, 9.17) is 10.2 Å². The molecule has 0 saturated heterocycles. The number of anilines is 1. The van der Waals surface area contributed by atoms with Crippen LogP contribution in [0.25, 0.3) is 22.2 Å². The molecule has 0 spiro atoms. The van der Waals surface area contributed by atoms with Gasteiger partial charge in [0, 0.05) is 10.0 Å². The summed E-state index contributed by atoms with van der Waals surface area (Å²) in [5.41, 5.74) is 8.29. The number of aromatic nitrogens is 2. The quantitative estimate of drug-likeness (QED) is 0.747. The maximum atomic E-state index is 5.85. The Hall–Kier alpha value is -1.88. The molecule has 0 amide bonds. The number of halogens is 1. The van der Waals surface area contributed by atoms with E-state index in [0.717, 1.165) is 21.0 Å². The number of fused-ring (bicyclic) bond motifs is 1. The van der Waals surface area contributed by atoms with Crippen LogP contribution in [0.2, 0.25) is 0 Å². The lowest BCUT2D eigenvalue weighted by Gasteiger charge is -2.00. The van der Waals surface area contributed by atoms with Gasteiger partial charge in [0.05, 0.1) is 5.39 Å². The van der Waals surface area contributed by atoms with E-state index in [1.807, 2.05) is 24.3 Å². The highest BCUT2D eigenvalue weighted by Gasteiger charge is 2.12. The van der Waals surface area contributed by atoms with Crippen molar-refractivity contribution in [3.05, 3.63) is 41.3 Å². The predicted molar refractivity (Wildman–Crippen MR) is 69.4 cm³/mol. The van der Waals surface area contributed by atoms with Crippen LogP contribution >= 0.6 is 15.9 Å². The molecule has 2 aromatic heterocycles. The number of furan rings is 1. The summed E-state index contributed by atoms with van der Waals surface area (Å²) < 4.78 is 6.40. The van der Waals surface area contributed by atoms with Gasteiger partial charge in [-0.05, 0) is 17.7 Å². The van der Waals surface area contributed by atoms with Gasteiger partial charge in [0.25, 0.3) is 0 Å². The van der Waals surface area contributed by atoms with Gasteiger partial charge in [-0.1, -0.05) is 28.1 Å². The van der Waals surface area contributed by atoms with Crippen LogP contribution < -0.4 is 5.73 Å². The van der Waals surface area contributed by atoms with Crippen LogP contribution in [0, 0.1) is 0 Å². The summed E-state index contributed by atoms with van der Waals surface area (Å²) in [6, 6.07) is 7.91. The fourth-order valence-electron chi connectivity index (χ4n) is 1.74. The van der Waals surface area contributed by atoms with Crippen LogP contribution in [0.5, 0.6) is 0 Å². The first-order chi connectivity index (χ1) is 8.25. The molecule has 2 heterocycles. The molecule has 17 heavy (non-hydrogen) atoms. The maximum Gasteiger partial charge on any atom is 0.231 e. The number of hydrogen-bond acceptors (Lipinski definition) is 4. The van der Waals surface area contributed by atoms with E-state index in [-0.39, 0.29) is 0 Å². The van der Waals surface area contributed by atoms with Crippen LogP contribution in [0.4, 0.5) is 5.82 Å². The zero-order valence-electron chi connectivity index (χ0n) is 8.72. The SMILES string of the molecule is Nc1ncnc2occ(-c3ccc(Br)cc3)c12. The third kappa shape index (κ3) is 1.68. The summed E-state index contributed by atoms with van der Waals surface area (Å²) in [6.45, 7) is 0. The molecule has 0 unspecified atom stereocenters. The Morgan fingerprint density at radius 1 is 1.12 bits per heavy atom. The Bertz CT molecular complexity index is 676. The molecule has 0 aliphatic carbocycles. The Morgan fingerprint density at radius 2 is 1.88 bits per heavy atom. The van der Waals surface area contributed by atoms with Crippen molar-refractivity contribution in [3.63, 3.8) is 0 Å². The third-order valence-electron chi connectivity index (χ3n) is 2.55. The first kappa shape index (κ1) is 10.3. The van der Waals surface area contributed by atoms with Gasteiger partial charge in [-0.2, -0.15) is 0 Å². The van der Waals surface area contributed by atoms with Gasteiger partial charge in [0.1, 0.15) is 18.4 Å². The van der Waals surface area contributed by atoms with Crippen molar-refractivity contribution in [2.24, 2.45) is 0 Å². The predicted octanol–water partition coefficient (Wildman–Crippen LogP) is 3.23. The van der Waals surface area contributed by atoms with Gasteiger partial charge < -0.3 is 10.2 Å². The molecule has 5 heteroatoms. The summed E-state index contributed by atoms with van der Waals surface area (Å²) >= 11 is 3.40. The second-order valence-electron chi connectivity index (χ2n) is 3.60. The molecule has 4 nitrogen and oxygen atoms in total. The van der Waals surface area contributed by atoms with Gasteiger partial charge in [-0.25, -0.2) is 9.97 Å². The van der Waals surface area contributed by atoms with E-state index in [1.54, 1.807) is 6.26 Å². The smallest absolute Gasteiger partial charge is 0.231 e. The number of nitrogens with two attached hydrogens (primary N) is 1. The Labute approximate surface area is 106 Å². The lowest BCUT2D eigenvalue weighted by molar-refractivity contribution is 0.603. The Morgan fingerprint density at radius 3 is 2.65 bits per heavy atom. The largest absolute Gasteiger partial charge is 0.445 e. The molecule has 0 aliphatic heterocycles. The van der Waals surface area contributed by atoms with Gasteiger partial charge in [0.2, 0.25) is 5.71 Å². The first-order valence-corrected chi connectivity index (χ1v) is 5.78. The van der Waals surface area contributed by atoms with Crippen molar-refractivity contribution in [1.82, 2.24) is 9.97 Å². The highest BCUT2D eigenvalue weighted by Crippen LogP contribution is 2.32. The van der Waals surface area contributed by atoms with E-state index in [9.17, 15) is 0 Å². The molecule has 1 aromatic carbocycles. The number of nitrogen functional groups attached to an aromatic ring is 1. The highest BCUT2D eigenvalue weighted by molar-refractivity contribution is 9.10. The molecular formula is C12H8BrN3O. The molecular weight excluding hydrogens is 282 g/mol. The maximum absolute atomic E-state index is 5.85. The minimum Gasteiger partial charge on any atom is -0.445 e. The molecule has 0 saturated carbocycles. The summed E-state index contributed by atoms with van der Waals surface area (Å²) in [6.07, 6.45) is 3.05. The van der Waals surface area contributed by atoms with Crippen molar-refractivity contribution < 1.29 is 4.42 Å². The normalized spacial score (nSPS) is 10.9. The lowest BCUT2D eigenvalue weighted by Crippen LogP contribution is -1.91. The van der Waals surface area contributed by atoms with Gasteiger partial charge in [-0.3, -0.25) is 0 Å². The summed E-state index contributed by atoms with van der Waals surface area (Å²) in [5.74, 6) is 0.432. The van der Waals surface area contributed by atoms with Gasteiger partial charge in [-0.15, -0.1) is 0 Å². The Kier molecular flexibility index (Phi) is 2.33. The molecule has 0 bridgehead atoms. The van der Waals surface area contributed by atoms with E-state index in [1.165, 1.54) is 6.33 Å². The Balaban J connectivity index is 2.27. The molecule has 2 N–H and O–H groups in total. The third-order valence-corrected chi connectivity index (χ3v) is 3.08. The van der Waals surface area contributed by atoms with E-state index in [2.05, 4.69) is 25.9 Å². The van der Waals surface area contributed by atoms with Gasteiger partial charge in [0.15, 0.2) is 0 Å². The van der Waals surface area contributed by atoms with Crippen LogP contribution in [0.3, 0.4) is 0 Å². The average Bonchev–Trinajstić information content (AvgIpc) is 2.75. The second-order valence-corrected chi connectivity index (χ2v) is 4.51. The van der Waals surface area contributed by atoms with Crippen molar-refractivity contribution in [3.8, 4) is 11.1 Å². The summed E-state index contributed by atoms with van der Waals surface area (Å²) in [5, 5.41) is 0.759. The van der Waals surface area contributed by atoms with Crippen LogP contribution in [-0.4, -0.2) is 9.97 Å². The van der Waals surface area contributed by atoms with Gasteiger partial charge >= 0.3 is 0 Å². The van der Waals surface area contributed by atoms with Crippen molar-refractivity contribution in [1.29, 1.82) is 0 Å².